The van der Waals surface area contributed by atoms with Gasteiger partial charge in [-0.3, -0.25) is 4.79 Å². The number of anilines is 1. The first kappa shape index (κ1) is 23.6. The molecule has 1 amide bonds. The fraction of sp³-hybridized carbons (Fsp3) is 0.217. The molecule has 0 bridgehead atoms. The summed E-state index contributed by atoms with van der Waals surface area (Å²) in [4.78, 5) is 25.8. The molecule has 1 heterocycles. The molecule has 0 spiro atoms. The van der Waals surface area contributed by atoms with E-state index in [1.165, 1.54) is 32.7 Å². The van der Waals surface area contributed by atoms with Gasteiger partial charge in [-0.05, 0) is 36.8 Å². The predicted octanol–water partition coefficient (Wildman–Crippen LogP) is 5.63. The summed E-state index contributed by atoms with van der Waals surface area (Å²) in [5, 5.41) is 5.03. The molecular weight excluding hydrogens is 498 g/mol. The quantitative estimate of drug-likeness (QED) is 0.388. The highest BCUT2D eigenvalue weighted by Gasteiger charge is 2.24. The molecular formula is C23H22BrNO6S. The Hall–Kier alpha value is -3.04. The molecule has 168 valence electrons. The van der Waals surface area contributed by atoms with Crippen molar-refractivity contribution in [3.8, 4) is 28.4 Å². The number of methoxy groups -OCH3 is 3. The molecule has 0 radical (unpaired) electrons. The highest BCUT2D eigenvalue weighted by molar-refractivity contribution is 9.10. The highest BCUT2D eigenvalue weighted by Crippen LogP contribution is 2.40. The summed E-state index contributed by atoms with van der Waals surface area (Å²) in [5.41, 5.74) is 2.11. The average Bonchev–Trinajstić information content (AvgIpc) is 3.22. The number of carbonyl (C=O) groups is 2. The van der Waals surface area contributed by atoms with Gasteiger partial charge in [-0.25, -0.2) is 4.79 Å². The average molecular weight is 520 g/mol. The molecule has 2 aromatic carbocycles. The largest absolute Gasteiger partial charge is 0.493 e. The molecule has 9 heteroatoms. The number of amides is 1. The van der Waals surface area contributed by atoms with Crippen LogP contribution in [-0.4, -0.2) is 39.8 Å². The first-order chi connectivity index (χ1) is 15.4. The van der Waals surface area contributed by atoms with Crippen LogP contribution >= 0.6 is 27.3 Å². The fourth-order valence-corrected chi connectivity index (χ4v) is 4.30. The molecule has 0 fully saturated rings. The van der Waals surface area contributed by atoms with Crippen molar-refractivity contribution in [3.05, 3.63) is 57.4 Å². The van der Waals surface area contributed by atoms with Crippen molar-refractivity contribution in [2.24, 2.45) is 0 Å². The zero-order valence-corrected chi connectivity index (χ0v) is 20.4. The van der Waals surface area contributed by atoms with E-state index in [4.69, 9.17) is 18.9 Å². The molecule has 1 aromatic heterocycles. The van der Waals surface area contributed by atoms with Crippen molar-refractivity contribution in [2.75, 3.05) is 33.3 Å². The molecule has 3 rings (SSSR count). The van der Waals surface area contributed by atoms with Gasteiger partial charge < -0.3 is 24.3 Å². The summed E-state index contributed by atoms with van der Waals surface area (Å²) in [6, 6.07) is 10.6. The Kier molecular flexibility index (Phi) is 7.76. The summed E-state index contributed by atoms with van der Waals surface area (Å²) in [7, 11) is 4.43. The van der Waals surface area contributed by atoms with Crippen LogP contribution in [0.1, 0.15) is 27.6 Å². The first-order valence-corrected chi connectivity index (χ1v) is 11.3. The number of halogens is 1. The van der Waals surface area contributed by atoms with E-state index in [9.17, 15) is 9.59 Å². The van der Waals surface area contributed by atoms with Gasteiger partial charge >= 0.3 is 5.97 Å². The van der Waals surface area contributed by atoms with Crippen LogP contribution in [-0.2, 0) is 4.74 Å². The minimum Gasteiger partial charge on any atom is -0.493 e. The molecule has 0 atom stereocenters. The van der Waals surface area contributed by atoms with Gasteiger partial charge in [-0.15, -0.1) is 11.3 Å². The maximum atomic E-state index is 13.1. The third-order valence-electron chi connectivity index (χ3n) is 4.58. The van der Waals surface area contributed by atoms with Gasteiger partial charge in [0.15, 0.2) is 11.5 Å². The van der Waals surface area contributed by atoms with Gasteiger partial charge in [-0.1, -0.05) is 28.1 Å². The van der Waals surface area contributed by atoms with E-state index in [1.54, 1.807) is 19.1 Å². The summed E-state index contributed by atoms with van der Waals surface area (Å²) in [6.07, 6.45) is 0. The van der Waals surface area contributed by atoms with E-state index >= 15 is 0 Å². The number of thiophene rings is 1. The minimum atomic E-state index is -0.508. The normalized spacial score (nSPS) is 10.4. The number of hydrogen-bond acceptors (Lipinski definition) is 7. The lowest BCUT2D eigenvalue weighted by Crippen LogP contribution is -2.15. The van der Waals surface area contributed by atoms with Gasteiger partial charge in [0, 0.05) is 21.0 Å². The molecule has 1 N–H and O–H groups in total. The Morgan fingerprint density at radius 2 is 1.62 bits per heavy atom. The van der Waals surface area contributed by atoms with E-state index in [0.29, 0.717) is 33.4 Å². The van der Waals surface area contributed by atoms with E-state index in [0.717, 1.165) is 10.0 Å². The monoisotopic (exact) mass is 519 g/mol. The second kappa shape index (κ2) is 10.5. The lowest BCUT2D eigenvalue weighted by molar-refractivity contribution is 0.0529. The fourth-order valence-electron chi connectivity index (χ4n) is 3.09. The zero-order chi connectivity index (χ0) is 23.3. The number of carbonyl (C=O) groups excluding carboxylic acids is 2. The topological polar surface area (TPSA) is 83.1 Å². The van der Waals surface area contributed by atoms with Crippen LogP contribution in [0.2, 0.25) is 0 Å². The van der Waals surface area contributed by atoms with Crippen LogP contribution in [0.25, 0.3) is 11.1 Å². The Morgan fingerprint density at radius 3 is 2.16 bits per heavy atom. The number of rotatable bonds is 8. The summed E-state index contributed by atoms with van der Waals surface area (Å²) >= 11 is 4.66. The third kappa shape index (κ3) is 4.89. The number of esters is 1. The van der Waals surface area contributed by atoms with E-state index in [2.05, 4.69) is 21.2 Å². The molecule has 0 aliphatic heterocycles. The summed E-state index contributed by atoms with van der Waals surface area (Å²) in [6.45, 7) is 1.95. The Labute approximate surface area is 198 Å². The number of hydrogen-bond donors (Lipinski definition) is 1. The van der Waals surface area contributed by atoms with Crippen LogP contribution in [0.4, 0.5) is 5.00 Å². The SMILES string of the molecule is CCOC(=O)c1c(-c2ccc(Br)cc2)csc1NC(=O)c1cc(OC)c(OC)c(OC)c1. The first-order valence-electron chi connectivity index (χ1n) is 9.59. The smallest absolute Gasteiger partial charge is 0.341 e. The van der Waals surface area contributed by atoms with E-state index < -0.39 is 11.9 Å². The lowest BCUT2D eigenvalue weighted by atomic mass is 10.0. The van der Waals surface area contributed by atoms with Crippen molar-refractivity contribution >= 4 is 44.1 Å². The second-order valence-corrected chi connectivity index (χ2v) is 8.24. The minimum absolute atomic E-state index is 0.217. The van der Waals surface area contributed by atoms with Crippen LogP contribution in [0.5, 0.6) is 17.2 Å². The summed E-state index contributed by atoms with van der Waals surface area (Å²) < 4.78 is 22.1. The summed E-state index contributed by atoms with van der Waals surface area (Å²) in [5.74, 6) is 0.145. The van der Waals surface area contributed by atoms with Crippen molar-refractivity contribution in [1.29, 1.82) is 0 Å². The lowest BCUT2D eigenvalue weighted by Gasteiger charge is -2.14. The molecule has 7 nitrogen and oxygen atoms in total. The molecule has 0 unspecified atom stereocenters. The van der Waals surface area contributed by atoms with Gasteiger partial charge in [0.1, 0.15) is 10.6 Å². The van der Waals surface area contributed by atoms with Crippen molar-refractivity contribution in [3.63, 3.8) is 0 Å². The molecule has 0 aliphatic rings. The maximum Gasteiger partial charge on any atom is 0.341 e. The third-order valence-corrected chi connectivity index (χ3v) is 6.00. The van der Waals surface area contributed by atoms with Gasteiger partial charge in [0.2, 0.25) is 5.75 Å². The number of benzene rings is 2. The maximum absolute atomic E-state index is 13.1. The predicted molar refractivity (Wildman–Crippen MR) is 127 cm³/mol. The number of nitrogens with one attached hydrogen (secondary N) is 1. The second-order valence-electron chi connectivity index (χ2n) is 6.45. The molecule has 0 saturated carbocycles. The van der Waals surface area contributed by atoms with Gasteiger partial charge in [-0.2, -0.15) is 0 Å². The van der Waals surface area contributed by atoms with Crippen molar-refractivity contribution < 1.29 is 28.5 Å². The van der Waals surface area contributed by atoms with Crippen LogP contribution < -0.4 is 19.5 Å². The zero-order valence-electron chi connectivity index (χ0n) is 18.0. The standard InChI is InChI=1S/C23H22BrNO6S/c1-5-31-23(27)19-16(13-6-8-15(24)9-7-13)12-32-22(19)25-21(26)14-10-17(28-2)20(30-4)18(11-14)29-3/h6-12H,5H2,1-4H3,(H,25,26). The van der Waals surface area contributed by atoms with E-state index in [1.807, 2.05) is 29.6 Å². The van der Waals surface area contributed by atoms with Crippen molar-refractivity contribution in [2.45, 2.75) is 6.92 Å². The van der Waals surface area contributed by atoms with Crippen LogP contribution in [0.3, 0.4) is 0 Å². The van der Waals surface area contributed by atoms with Crippen LogP contribution in [0.15, 0.2) is 46.3 Å². The Bertz CT molecular complexity index is 1100. The Morgan fingerprint density at radius 1 is 1.00 bits per heavy atom. The number of ether oxygens (including phenoxy) is 4. The van der Waals surface area contributed by atoms with Crippen molar-refractivity contribution in [1.82, 2.24) is 0 Å². The molecule has 0 aliphatic carbocycles. The molecule has 3 aromatic rings. The molecule has 32 heavy (non-hydrogen) atoms. The van der Waals surface area contributed by atoms with E-state index in [-0.39, 0.29) is 12.2 Å². The Balaban J connectivity index is 2.01. The van der Waals surface area contributed by atoms with Gasteiger partial charge in [0.05, 0.1) is 27.9 Å². The molecule has 0 saturated heterocycles. The highest BCUT2D eigenvalue weighted by atomic mass is 79.9. The van der Waals surface area contributed by atoms with Crippen LogP contribution in [0, 0.1) is 0 Å². The van der Waals surface area contributed by atoms with Gasteiger partial charge in [0.25, 0.3) is 5.91 Å².